The molecule has 1 aromatic rings. The Hall–Kier alpha value is -0.980. The molecule has 14 heavy (non-hydrogen) atoms. The van der Waals surface area contributed by atoms with Gasteiger partial charge in [0, 0.05) is 5.56 Å². The van der Waals surface area contributed by atoms with Crippen molar-refractivity contribution in [1.29, 1.82) is 0 Å². The summed E-state index contributed by atoms with van der Waals surface area (Å²) in [6, 6.07) is 4.75. The lowest BCUT2D eigenvalue weighted by Gasteiger charge is -1.99. The number of hydrogen-bond acceptors (Lipinski definition) is 1. The van der Waals surface area contributed by atoms with Crippen molar-refractivity contribution in [2.24, 2.45) is 0 Å². The highest BCUT2D eigenvalue weighted by Gasteiger charge is 2.10. The fourth-order valence-corrected chi connectivity index (χ4v) is 1.32. The molecular weight excluding hydrogens is 267 g/mol. The minimum Gasteiger partial charge on any atom is -0.478 e. The van der Waals surface area contributed by atoms with E-state index in [1.165, 1.54) is 6.07 Å². The highest BCUT2D eigenvalue weighted by Crippen LogP contribution is 2.20. The molecule has 0 aliphatic heterocycles. The molecule has 0 unspecified atom stereocenters. The minimum atomic E-state index is -1.04. The summed E-state index contributed by atoms with van der Waals surface area (Å²) in [6.45, 7) is 0. The second-order valence-corrected chi connectivity index (χ2v) is 3.35. The molecule has 1 aromatic carbocycles. The van der Waals surface area contributed by atoms with Crippen LogP contribution in [0.25, 0.3) is 0 Å². The molecule has 72 valence electrons. The van der Waals surface area contributed by atoms with E-state index in [4.69, 9.17) is 16.7 Å². The lowest BCUT2D eigenvalue weighted by atomic mass is 10.1. The lowest BCUT2D eigenvalue weighted by Crippen LogP contribution is -1.98. The van der Waals surface area contributed by atoms with E-state index in [1.54, 1.807) is 12.1 Å². The standard InChI is InChI=1S/C10H6BrClO2/c11-6-2-4-7-3-1-5-8(9(7)12)10(13)14/h1,3,5H,6H2,(H,13,14). The Morgan fingerprint density at radius 3 is 2.86 bits per heavy atom. The molecule has 0 spiro atoms. The molecule has 0 saturated carbocycles. The zero-order valence-corrected chi connectivity index (χ0v) is 9.39. The Morgan fingerprint density at radius 2 is 2.29 bits per heavy atom. The Morgan fingerprint density at radius 1 is 1.57 bits per heavy atom. The van der Waals surface area contributed by atoms with Crippen LogP contribution in [0.15, 0.2) is 18.2 Å². The van der Waals surface area contributed by atoms with E-state index in [2.05, 4.69) is 27.8 Å². The quantitative estimate of drug-likeness (QED) is 0.631. The van der Waals surface area contributed by atoms with E-state index in [-0.39, 0.29) is 10.6 Å². The van der Waals surface area contributed by atoms with Gasteiger partial charge in [0.15, 0.2) is 0 Å². The summed E-state index contributed by atoms with van der Waals surface area (Å²) < 4.78 is 0. The van der Waals surface area contributed by atoms with Gasteiger partial charge in [0.2, 0.25) is 0 Å². The third-order valence-electron chi connectivity index (χ3n) is 1.52. The van der Waals surface area contributed by atoms with E-state index >= 15 is 0 Å². The zero-order valence-electron chi connectivity index (χ0n) is 7.05. The van der Waals surface area contributed by atoms with Gasteiger partial charge in [0.25, 0.3) is 0 Å². The average Bonchev–Trinajstić information content (AvgIpc) is 2.16. The van der Waals surface area contributed by atoms with Gasteiger partial charge in [-0.1, -0.05) is 45.4 Å². The minimum absolute atomic E-state index is 0.0769. The predicted molar refractivity (Wildman–Crippen MR) is 59.1 cm³/mol. The first kappa shape index (κ1) is 11.1. The number of carboxylic acid groups (broad SMARTS) is 1. The molecule has 0 fully saturated rings. The first-order chi connectivity index (χ1) is 6.66. The molecule has 2 nitrogen and oxygen atoms in total. The van der Waals surface area contributed by atoms with Gasteiger partial charge in [-0.15, -0.1) is 0 Å². The summed E-state index contributed by atoms with van der Waals surface area (Å²) in [6.07, 6.45) is 0. The predicted octanol–water partition coefficient (Wildman–Crippen LogP) is 2.78. The highest BCUT2D eigenvalue weighted by atomic mass is 79.9. The van der Waals surface area contributed by atoms with Crippen molar-refractivity contribution < 1.29 is 9.90 Å². The summed E-state index contributed by atoms with van der Waals surface area (Å²) in [5.74, 6) is 4.48. The van der Waals surface area contributed by atoms with Gasteiger partial charge in [0.05, 0.1) is 15.9 Å². The van der Waals surface area contributed by atoms with E-state index in [0.29, 0.717) is 10.9 Å². The van der Waals surface area contributed by atoms with Crippen molar-refractivity contribution in [2.45, 2.75) is 0 Å². The van der Waals surface area contributed by atoms with Crippen LogP contribution in [-0.4, -0.2) is 16.4 Å². The third-order valence-corrected chi connectivity index (χ3v) is 2.21. The lowest BCUT2D eigenvalue weighted by molar-refractivity contribution is 0.0697. The fourth-order valence-electron chi connectivity index (χ4n) is 0.922. The SMILES string of the molecule is O=C(O)c1cccc(C#CCBr)c1Cl. The van der Waals surface area contributed by atoms with Crippen LogP contribution in [0.5, 0.6) is 0 Å². The Labute approximate surface area is 95.0 Å². The van der Waals surface area contributed by atoms with Gasteiger partial charge >= 0.3 is 5.97 Å². The maximum absolute atomic E-state index is 10.7. The molecule has 4 heteroatoms. The van der Waals surface area contributed by atoms with E-state index in [9.17, 15) is 4.79 Å². The highest BCUT2D eigenvalue weighted by molar-refractivity contribution is 9.09. The summed E-state index contributed by atoms with van der Waals surface area (Å²) in [4.78, 5) is 10.7. The first-order valence-corrected chi connectivity index (χ1v) is 5.23. The largest absolute Gasteiger partial charge is 0.478 e. The zero-order chi connectivity index (χ0) is 10.6. The van der Waals surface area contributed by atoms with Crippen molar-refractivity contribution >= 4 is 33.5 Å². The van der Waals surface area contributed by atoms with Gasteiger partial charge in [0.1, 0.15) is 0 Å². The summed E-state index contributed by atoms with van der Waals surface area (Å²) in [5.41, 5.74) is 0.610. The van der Waals surface area contributed by atoms with Crippen LogP contribution in [0.4, 0.5) is 0 Å². The van der Waals surface area contributed by atoms with Crippen LogP contribution in [0.3, 0.4) is 0 Å². The number of carboxylic acids is 1. The molecule has 1 N–H and O–H groups in total. The summed E-state index contributed by atoms with van der Waals surface area (Å²) in [7, 11) is 0. The molecule has 0 aromatic heterocycles. The van der Waals surface area contributed by atoms with Crippen LogP contribution >= 0.6 is 27.5 Å². The summed E-state index contributed by atoms with van der Waals surface area (Å²) in [5, 5.41) is 9.49. The Bertz CT molecular complexity index is 418. The number of hydrogen-bond donors (Lipinski definition) is 1. The topological polar surface area (TPSA) is 37.3 Å². The maximum atomic E-state index is 10.7. The normalized spacial score (nSPS) is 9.00. The molecule has 0 amide bonds. The molecular formula is C10H6BrClO2. The van der Waals surface area contributed by atoms with Crippen molar-refractivity contribution in [3.63, 3.8) is 0 Å². The Kier molecular flexibility index (Phi) is 3.99. The van der Waals surface area contributed by atoms with E-state index < -0.39 is 5.97 Å². The molecule has 0 saturated heterocycles. The van der Waals surface area contributed by atoms with Gasteiger partial charge in [-0.3, -0.25) is 0 Å². The molecule has 0 bridgehead atoms. The summed E-state index contributed by atoms with van der Waals surface area (Å²) >= 11 is 8.99. The van der Waals surface area contributed by atoms with Crippen molar-refractivity contribution in [2.75, 3.05) is 5.33 Å². The third kappa shape index (κ3) is 2.50. The molecule has 0 aliphatic carbocycles. The molecule has 0 atom stereocenters. The van der Waals surface area contributed by atoms with Crippen molar-refractivity contribution in [3.05, 3.63) is 34.3 Å². The molecule has 1 rings (SSSR count). The molecule has 0 heterocycles. The number of aromatic carboxylic acids is 1. The van der Waals surface area contributed by atoms with Gasteiger partial charge in [-0.05, 0) is 12.1 Å². The first-order valence-electron chi connectivity index (χ1n) is 3.73. The smallest absolute Gasteiger partial charge is 0.337 e. The second kappa shape index (κ2) is 5.04. The van der Waals surface area contributed by atoms with Crippen LogP contribution in [-0.2, 0) is 0 Å². The van der Waals surface area contributed by atoms with Crippen LogP contribution < -0.4 is 0 Å². The van der Waals surface area contributed by atoms with Gasteiger partial charge in [-0.2, -0.15) is 0 Å². The van der Waals surface area contributed by atoms with E-state index in [1.807, 2.05) is 0 Å². The number of halogens is 2. The number of alkyl halides is 1. The van der Waals surface area contributed by atoms with Crippen molar-refractivity contribution in [1.82, 2.24) is 0 Å². The molecule has 0 aliphatic rings. The maximum Gasteiger partial charge on any atom is 0.337 e. The average molecular weight is 274 g/mol. The molecule has 0 radical (unpaired) electrons. The number of benzene rings is 1. The van der Waals surface area contributed by atoms with Gasteiger partial charge in [-0.25, -0.2) is 4.79 Å². The van der Waals surface area contributed by atoms with Crippen LogP contribution in [0, 0.1) is 11.8 Å². The van der Waals surface area contributed by atoms with Gasteiger partial charge < -0.3 is 5.11 Å². The number of carbonyl (C=O) groups is 1. The van der Waals surface area contributed by atoms with E-state index in [0.717, 1.165) is 0 Å². The Balaban J connectivity index is 3.20. The van der Waals surface area contributed by atoms with Crippen LogP contribution in [0.2, 0.25) is 5.02 Å². The van der Waals surface area contributed by atoms with Crippen LogP contribution in [0.1, 0.15) is 15.9 Å². The number of rotatable bonds is 1. The fraction of sp³-hybridized carbons (Fsp3) is 0.100. The van der Waals surface area contributed by atoms with Crippen molar-refractivity contribution in [3.8, 4) is 11.8 Å². The second-order valence-electron chi connectivity index (χ2n) is 2.41. The monoisotopic (exact) mass is 272 g/mol.